The van der Waals surface area contributed by atoms with Crippen molar-refractivity contribution in [3.63, 3.8) is 0 Å². The lowest BCUT2D eigenvalue weighted by atomic mass is 9.79. The molecule has 0 N–H and O–H groups in total. The molecule has 0 spiro atoms. The van der Waals surface area contributed by atoms with Gasteiger partial charge in [0.15, 0.2) is 0 Å². The first-order valence-corrected chi connectivity index (χ1v) is 10.9. The minimum Gasteiger partial charge on any atom is -0.444 e. The Bertz CT molecular complexity index is 744. The van der Waals surface area contributed by atoms with E-state index in [0.29, 0.717) is 13.1 Å². The van der Waals surface area contributed by atoms with Crippen molar-refractivity contribution in [2.75, 3.05) is 18.0 Å². The molecule has 1 aromatic carbocycles. The SMILES string of the molecule is C[C@H]1CN(C(=O)OC(C)(C)C)C[C@H](C)N1c1ccc(B2OC(C)(C)C(C)(C)O2)cc1. The fourth-order valence-corrected chi connectivity index (χ4v) is 4.09. The molecule has 0 bridgehead atoms. The first-order chi connectivity index (χ1) is 13.7. The lowest BCUT2D eigenvalue weighted by molar-refractivity contribution is 0.00578. The van der Waals surface area contributed by atoms with Gasteiger partial charge in [-0.3, -0.25) is 0 Å². The molecule has 0 unspecified atom stereocenters. The Morgan fingerprint density at radius 1 is 1.00 bits per heavy atom. The summed E-state index contributed by atoms with van der Waals surface area (Å²) in [6.45, 7) is 19.5. The number of nitrogens with zero attached hydrogens (tertiary/aromatic N) is 2. The molecule has 7 heteroatoms. The average Bonchev–Trinajstić information content (AvgIpc) is 2.81. The number of benzene rings is 1. The number of amides is 1. The van der Waals surface area contributed by atoms with Crippen molar-refractivity contribution in [2.24, 2.45) is 0 Å². The van der Waals surface area contributed by atoms with Crippen molar-refractivity contribution in [1.29, 1.82) is 0 Å². The van der Waals surface area contributed by atoms with Gasteiger partial charge in [0.2, 0.25) is 0 Å². The van der Waals surface area contributed by atoms with Crippen LogP contribution in [0.2, 0.25) is 0 Å². The minimum atomic E-state index is -0.482. The molecule has 2 fully saturated rings. The number of rotatable bonds is 2. The van der Waals surface area contributed by atoms with E-state index in [1.807, 2.05) is 25.7 Å². The van der Waals surface area contributed by atoms with Crippen LogP contribution in [0.3, 0.4) is 0 Å². The van der Waals surface area contributed by atoms with Gasteiger partial charge in [-0.2, -0.15) is 0 Å². The van der Waals surface area contributed by atoms with Crippen LogP contribution in [0.1, 0.15) is 62.3 Å². The maximum absolute atomic E-state index is 12.5. The minimum absolute atomic E-state index is 0.184. The van der Waals surface area contributed by atoms with Crippen LogP contribution in [-0.2, 0) is 14.0 Å². The zero-order chi connectivity index (χ0) is 22.5. The van der Waals surface area contributed by atoms with Crippen molar-refractivity contribution in [3.05, 3.63) is 24.3 Å². The molecule has 1 amide bonds. The average molecular weight is 416 g/mol. The second-order valence-corrected chi connectivity index (χ2v) is 10.7. The summed E-state index contributed by atoms with van der Waals surface area (Å²) in [5.41, 5.74) is 0.975. The molecule has 6 nitrogen and oxygen atoms in total. The number of carbonyl (C=O) groups is 1. The fraction of sp³-hybridized carbons (Fsp3) is 0.696. The lowest BCUT2D eigenvalue weighted by Crippen LogP contribution is -2.59. The van der Waals surface area contributed by atoms with E-state index >= 15 is 0 Å². The van der Waals surface area contributed by atoms with Crippen molar-refractivity contribution in [3.8, 4) is 0 Å². The maximum Gasteiger partial charge on any atom is 0.494 e. The highest BCUT2D eigenvalue weighted by atomic mass is 16.7. The monoisotopic (exact) mass is 416 g/mol. The third-order valence-electron chi connectivity index (χ3n) is 6.29. The Kier molecular flexibility index (Phi) is 5.93. The van der Waals surface area contributed by atoms with E-state index in [2.05, 4.69) is 70.7 Å². The summed E-state index contributed by atoms with van der Waals surface area (Å²) in [6, 6.07) is 8.77. The van der Waals surface area contributed by atoms with Gasteiger partial charge >= 0.3 is 13.2 Å². The summed E-state index contributed by atoms with van der Waals surface area (Å²) < 4.78 is 17.9. The number of ether oxygens (including phenoxy) is 1. The van der Waals surface area contributed by atoms with Crippen LogP contribution >= 0.6 is 0 Å². The van der Waals surface area contributed by atoms with Gasteiger partial charge in [0.1, 0.15) is 5.60 Å². The number of piperazine rings is 1. The Morgan fingerprint density at radius 2 is 1.47 bits per heavy atom. The van der Waals surface area contributed by atoms with Gasteiger partial charge in [0, 0.05) is 30.9 Å². The van der Waals surface area contributed by atoms with Gasteiger partial charge in [0.25, 0.3) is 0 Å². The molecule has 1 aromatic rings. The van der Waals surface area contributed by atoms with E-state index < -0.39 is 5.60 Å². The molecule has 0 aliphatic carbocycles. The van der Waals surface area contributed by atoms with E-state index in [4.69, 9.17) is 14.0 Å². The summed E-state index contributed by atoms with van der Waals surface area (Å²) in [4.78, 5) is 16.7. The number of hydrogen-bond donors (Lipinski definition) is 0. The molecular weight excluding hydrogens is 379 g/mol. The van der Waals surface area contributed by atoms with E-state index in [1.54, 1.807) is 0 Å². The highest BCUT2D eigenvalue weighted by Gasteiger charge is 2.51. The summed E-state index contributed by atoms with van der Waals surface area (Å²) in [6.07, 6.45) is -0.239. The molecule has 0 saturated carbocycles. The molecule has 0 aromatic heterocycles. The molecular formula is C23H37BN2O4. The lowest BCUT2D eigenvalue weighted by Gasteiger charge is -2.45. The Hall–Kier alpha value is -1.73. The Balaban J connectivity index is 1.69. The molecule has 2 aliphatic heterocycles. The molecule has 166 valence electrons. The number of anilines is 1. The first kappa shape index (κ1) is 22.9. The molecule has 2 saturated heterocycles. The van der Waals surface area contributed by atoms with Crippen LogP contribution in [-0.4, -0.2) is 60.1 Å². The van der Waals surface area contributed by atoms with Crippen LogP contribution in [0, 0.1) is 0 Å². The third-order valence-corrected chi connectivity index (χ3v) is 6.29. The predicted octanol–water partition coefficient (Wildman–Crippen LogP) is 3.82. The second kappa shape index (κ2) is 7.76. The van der Waals surface area contributed by atoms with Gasteiger partial charge in [-0.05, 0) is 79.9 Å². The predicted molar refractivity (Wildman–Crippen MR) is 121 cm³/mol. The van der Waals surface area contributed by atoms with Crippen LogP contribution in [0.15, 0.2) is 24.3 Å². The van der Waals surface area contributed by atoms with Gasteiger partial charge in [0.05, 0.1) is 11.2 Å². The van der Waals surface area contributed by atoms with Crippen LogP contribution in [0.25, 0.3) is 0 Å². The van der Waals surface area contributed by atoms with Gasteiger partial charge in [-0.25, -0.2) is 4.79 Å². The van der Waals surface area contributed by atoms with Crippen molar-refractivity contribution in [1.82, 2.24) is 4.90 Å². The summed E-state index contributed by atoms with van der Waals surface area (Å²) in [7, 11) is -0.358. The van der Waals surface area contributed by atoms with E-state index in [0.717, 1.165) is 11.2 Å². The molecule has 2 aliphatic rings. The Labute approximate surface area is 182 Å². The molecule has 2 atom stereocenters. The molecule has 30 heavy (non-hydrogen) atoms. The molecule has 3 rings (SSSR count). The summed E-state index contributed by atoms with van der Waals surface area (Å²) in [5, 5.41) is 0. The fourth-order valence-electron chi connectivity index (χ4n) is 4.09. The maximum atomic E-state index is 12.5. The van der Waals surface area contributed by atoms with Crippen LogP contribution in [0.5, 0.6) is 0 Å². The van der Waals surface area contributed by atoms with Gasteiger partial charge in [-0.15, -0.1) is 0 Å². The number of carbonyl (C=O) groups excluding carboxylic acids is 1. The zero-order valence-corrected chi connectivity index (χ0v) is 20.0. The highest BCUT2D eigenvalue weighted by Crippen LogP contribution is 2.36. The van der Waals surface area contributed by atoms with E-state index in [-0.39, 0.29) is 36.5 Å². The Morgan fingerprint density at radius 3 is 1.90 bits per heavy atom. The zero-order valence-electron chi connectivity index (χ0n) is 20.0. The summed E-state index contributed by atoms with van der Waals surface area (Å²) in [5.74, 6) is 0. The number of hydrogen-bond acceptors (Lipinski definition) is 5. The summed E-state index contributed by atoms with van der Waals surface area (Å²) >= 11 is 0. The largest absolute Gasteiger partial charge is 0.494 e. The molecule has 2 heterocycles. The van der Waals surface area contributed by atoms with Crippen LogP contribution < -0.4 is 10.4 Å². The van der Waals surface area contributed by atoms with E-state index in [9.17, 15) is 4.79 Å². The van der Waals surface area contributed by atoms with Crippen LogP contribution in [0.4, 0.5) is 10.5 Å². The standard InChI is InChI=1S/C23H37BN2O4/c1-16-14-25(20(27)28-21(3,4)5)15-17(2)26(16)19-12-10-18(11-13-19)24-29-22(6,7)23(8,9)30-24/h10-13,16-17H,14-15H2,1-9H3/t16-,17-/m0/s1. The van der Waals surface area contributed by atoms with Crippen molar-refractivity contribution in [2.45, 2.75) is 91.2 Å². The van der Waals surface area contributed by atoms with Gasteiger partial charge in [-0.1, -0.05) is 12.1 Å². The van der Waals surface area contributed by atoms with E-state index in [1.165, 1.54) is 0 Å². The first-order valence-electron chi connectivity index (χ1n) is 10.9. The quantitative estimate of drug-likeness (QED) is 0.687. The van der Waals surface area contributed by atoms with Crippen molar-refractivity contribution < 1.29 is 18.8 Å². The molecule has 0 radical (unpaired) electrons. The third kappa shape index (κ3) is 4.62. The highest BCUT2D eigenvalue weighted by molar-refractivity contribution is 6.62. The van der Waals surface area contributed by atoms with Gasteiger partial charge < -0.3 is 23.8 Å². The van der Waals surface area contributed by atoms with Crippen molar-refractivity contribution >= 4 is 24.4 Å². The normalized spacial score (nSPS) is 26.1. The topological polar surface area (TPSA) is 51.2 Å². The smallest absolute Gasteiger partial charge is 0.444 e. The second-order valence-electron chi connectivity index (χ2n) is 10.7.